The van der Waals surface area contributed by atoms with E-state index in [0.717, 1.165) is 30.9 Å². The van der Waals surface area contributed by atoms with Crippen LogP contribution in [0.1, 0.15) is 12.8 Å². The minimum Gasteiger partial charge on any atom is -0.485 e. The van der Waals surface area contributed by atoms with Gasteiger partial charge >= 0.3 is 0 Å². The van der Waals surface area contributed by atoms with Gasteiger partial charge in [0.05, 0.1) is 18.8 Å². The SMILES string of the molecule is CCN1CC(CN(C)Cc2nnc(-c3ccccc3)o2)Oc2ccccc21. The summed E-state index contributed by atoms with van der Waals surface area (Å²) in [4.78, 5) is 4.52. The fraction of sp³-hybridized carbons (Fsp3) is 0.333. The molecule has 2 aromatic carbocycles. The maximum absolute atomic E-state index is 6.20. The van der Waals surface area contributed by atoms with E-state index in [1.807, 2.05) is 49.5 Å². The number of aromatic nitrogens is 2. The molecule has 0 saturated carbocycles. The van der Waals surface area contributed by atoms with Crippen LogP contribution < -0.4 is 9.64 Å². The number of benzene rings is 2. The van der Waals surface area contributed by atoms with Crippen molar-refractivity contribution >= 4 is 5.69 Å². The van der Waals surface area contributed by atoms with Crippen molar-refractivity contribution in [1.29, 1.82) is 0 Å². The molecule has 4 rings (SSSR count). The van der Waals surface area contributed by atoms with Crippen LogP contribution in [0.25, 0.3) is 11.5 Å². The van der Waals surface area contributed by atoms with Gasteiger partial charge in [0, 0.05) is 18.7 Å². The lowest BCUT2D eigenvalue weighted by molar-refractivity contribution is 0.135. The molecule has 140 valence electrons. The van der Waals surface area contributed by atoms with Crippen molar-refractivity contribution in [3.63, 3.8) is 0 Å². The van der Waals surface area contributed by atoms with E-state index < -0.39 is 0 Å². The lowest BCUT2D eigenvalue weighted by Crippen LogP contribution is -2.45. The van der Waals surface area contributed by atoms with E-state index >= 15 is 0 Å². The van der Waals surface area contributed by atoms with Crippen LogP contribution in [0.3, 0.4) is 0 Å². The predicted molar refractivity (Wildman–Crippen MR) is 105 cm³/mol. The molecule has 6 heteroatoms. The average Bonchev–Trinajstić information content (AvgIpc) is 3.16. The van der Waals surface area contributed by atoms with Gasteiger partial charge in [0.1, 0.15) is 11.9 Å². The van der Waals surface area contributed by atoms with Crippen LogP contribution in [0.2, 0.25) is 0 Å². The first-order valence-corrected chi connectivity index (χ1v) is 9.30. The number of hydrogen-bond acceptors (Lipinski definition) is 6. The predicted octanol–water partition coefficient (Wildman–Crippen LogP) is 3.46. The fourth-order valence-corrected chi connectivity index (χ4v) is 3.43. The molecule has 1 unspecified atom stereocenters. The Kier molecular flexibility index (Phi) is 5.07. The molecule has 0 amide bonds. The minimum absolute atomic E-state index is 0.0985. The lowest BCUT2D eigenvalue weighted by Gasteiger charge is -2.37. The number of anilines is 1. The molecule has 0 aliphatic carbocycles. The van der Waals surface area contributed by atoms with E-state index in [-0.39, 0.29) is 6.10 Å². The highest BCUT2D eigenvalue weighted by Crippen LogP contribution is 2.32. The topological polar surface area (TPSA) is 54.6 Å². The molecular formula is C21H24N4O2. The first-order chi connectivity index (χ1) is 13.2. The summed E-state index contributed by atoms with van der Waals surface area (Å²) in [6.07, 6.45) is 0.0985. The molecule has 0 radical (unpaired) electrons. The monoisotopic (exact) mass is 364 g/mol. The smallest absolute Gasteiger partial charge is 0.247 e. The third-order valence-corrected chi connectivity index (χ3v) is 4.71. The summed E-state index contributed by atoms with van der Waals surface area (Å²) >= 11 is 0. The summed E-state index contributed by atoms with van der Waals surface area (Å²) in [5.74, 6) is 2.12. The molecule has 1 atom stereocenters. The largest absolute Gasteiger partial charge is 0.485 e. The highest BCUT2D eigenvalue weighted by molar-refractivity contribution is 5.60. The Morgan fingerprint density at radius 3 is 2.67 bits per heavy atom. The minimum atomic E-state index is 0.0985. The standard InChI is InChI=1S/C21H24N4O2/c1-3-25-14-17(26-19-12-8-7-11-18(19)25)13-24(2)15-20-22-23-21(27-20)16-9-5-4-6-10-16/h4-12,17H,3,13-15H2,1-2H3. The van der Waals surface area contributed by atoms with Gasteiger partial charge in [-0.3, -0.25) is 4.90 Å². The molecule has 0 saturated heterocycles. The second-order valence-electron chi connectivity index (χ2n) is 6.81. The Bertz CT molecular complexity index is 881. The van der Waals surface area contributed by atoms with E-state index in [2.05, 4.69) is 39.1 Å². The van der Waals surface area contributed by atoms with E-state index in [4.69, 9.17) is 9.15 Å². The molecular weight excluding hydrogens is 340 g/mol. The van der Waals surface area contributed by atoms with Crippen LogP contribution in [-0.4, -0.2) is 47.9 Å². The molecule has 6 nitrogen and oxygen atoms in total. The molecule has 2 heterocycles. The molecule has 0 fully saturated rings. The van der Waals surface area contributed by atoms with Crippen LogP contribution in [0, 0.1) is 0 Å². The van der Waals surface area contributed by atoms with Crippen molar-refractivity contribution in [2.75, 3.05) is 31.6 Å². The van der Waals surface area contributed by atoms with Gasteiger partial charge in [0.25, 0.3) is 0 Å². The maximum atomic E-state index is 6.20. The van der Waals surface area contributed by atoms with Crippen molar-refractivity contribution in [3.8, 4) is 17.2 Å². The van der Waals surface area contributed by atoms with Crippen molar-refractivity contribution in [3.05, 3.63) is 60.5 Å². The Labute approximate surface area is 159 Å². The summed E-state index contributed by atoms with van der Waals surface area (Å²) in [6.45, 7) is 5.38. The Morgan fingerprint density at radius 2 is 1.85 bits per heavy atom. The number of nitrogens with zero attached hydrogens (tertiary/aromatic N) is 4. The average molecular weight is 364 g/mol. The first-order valence-electron chi connectivity index (χ1n) is 9.30. The van der Waals surface area contributed by atoms with Crippen molar-refractivity contribution in [2.45, 2.75) is 19.6 Å². The number of ether oxygens (including phenoxy) is 1. The number of fused-ring (bicyclic) bond motifs is 1. The highest BCUT2D eigenvalue weighted by Gasteiger charge is 2.25. The highest BCUT2D eigenvalue weighted by atomic mass is 16.5. The van der Waals surface area contributed by atoms with Crippen LogP contribution in [0.5, 0.6) is 5.75 Å². The number of para-hydroxylation sites is 2. The second kappa shape index (κ2) is 7.80. The zero-order chi connectivity index (χ0) is 18.6. The lowest BCUT2D eigenvalue weighted by atomic mass is 10.2. The molecule has 0 spiro atoms. The molecule has 1 aliphatic heterocycles. The van der Waals surface area contributed by atoms with Gasteiger partial charge in [-0.15, -0.1) is 10.2 Å². The Balaban J connectivity index is 1.39. The first kappa shape index (κ1) is 17.5. The normalized spacial score (nSPS) is 16.3. The summed E-state index contributed by atoms with van der Waals surface area (Å²) in [7, 11) is 2.05. The van der Waals surface area contributed by atoms with Gasteiger partial charge in [-0.25, -0.2) is 0 Å². The fourth-order valence-electron chi connectivity index (χ4n) is 3.43. The zero-order valence-corrected chi connectivity index (χ0v) is 15.7. The van der Waals surface area contributed by atoms with Gasteiger partial charge < -0.3 is 14.1 Å². The van der Waals surface area contributed by atoms with E-state index in [1.54, 1.807) is 0 Å². The van der Waals surface area contributed by atoms with Crippen LogP contribution in [0.4, 0.5) is 5.69 Å². The molecule has 0 N–H and O–H groups in total. The molecule has 1 aliphatic rings. The Morgan fingerprint density at radius 1 is 1.07 bits per heavy atom. The number of rotatable bonds is 6. The third-order valence-electron chi connectivity index (χ3n) is 4.71. The summed E-state index contributed by atoms with van der Waals surface area (Å²) < 4.78 is 12.0. The van der Waals surface area contributed by atoms with E-state index in [9.17, 15) is 0 Å². The quantitative estimate of drug-likeness (QED) is 0.668. The summed E-state index contributed by atoms with van der Waals surface area (Å²) in [5, 5.41) is 8.34. The number of hydrogen-bond donors (Lipinski definition) is 0. The third kappa shape index (κ3) is 3.95. The van der Waals surface area contributed by atoms with Gasteiger partial charge in [-0.2, -0.15) is 0 Å². The van der Waals surface area contributed by atoms with Crippen LogP contribution >= 0.6 is 0 Å². The summed E-state index contributed by atoms with van der Waals surface area (Å²) in [6, 6.07) is 18.0. The van der Waals surface area contributed by atoms with Crippen LogP contribution in [-0.2, 0) is 6.54 Å². The van der Waals surface area contributed by atoms with Gasteiger partial charge in [0.15, 0.2) is 0 Å². The Hall–Kier alpha value is -2.86. The second-order valence-corrected chi connectivity index (χ2v) is 6.81. The van der Waals surface area contributed by atoms with Crippen molar-refractivity contribution < 1.29 is 9.15 Å². The molecule has 27 heavy (non-hydrogen) atoms. The maximum Gasteiger partial charge on any atom is 0.247 e. The van der Waals surface area contributed by atoms with Crippen molar-refractivity contribution in [2.24, 2.45) is 0 Å². The van der Waals surface area contributed by atoms with Crippen LogP contribution in [0.15, 0.2) is 59.0 Å². The zero-order valence-electron chi connectivity index (χ0n) is 15.7. The molecule has 3 aromatic rings. The van der Waals surface area contributed by atoms with Crippen molar-refractivity contribution in [1.82, 2.24) is 15.1 Å². The number of likely N-dealkylation sites (N-methyl/N-ethyl adjacent to an activating group) is 2. The van der Waals surface area contributed by atoms with E-state index in [1.165, 1.54) is 5.69 Å². The molecule has 0 bridgehead atoms. The van der Waals surface area contributed by atoms with Gasteiger partial charge in [0.2, 0.25) is 11.8 Å². The van der Waals surface area contributed by atoms with Gasteiger partial charge in [-0.1, -0.05) is 30.3 Å². The summed E-state index contributed by atoms with van der Waals surface area (Å²) in [5.41, 5.74) is 2.10. The molecule has 1 aromatic heterocycles. The van der Waals surface area contributed by atoms with Gasteiger partial charge in [-0.05, 0) is 38.2 Å². The van der Waals surface area contributed by atoms with E-state index in [0.29, 0.717) is 18.3 Å².